The summed E-state index contributed by atoms with van der Waals surface area (Å²) < 4.78 is 0. The number of anilines is 1. The number of carbonyl (C=O) groups excluding carboxylic acids is 1. The van der Waals surface area contributed by atoms with Crippen molar-refractivity contribution < 1.29 is 4.79 Å². The van der Waals surface area contributed by atoms with Gasteiger partial charge in [0.2, 0.25) is 0 Å². The zero-order chi connectivity index (χ0) is 20.2. The van der Waals surface area contributed by atoms with Crippen LogP contribution in [-0.2, 0) is 13.0 Å². The minimum atomic E-state index is 0.0126. The van der Waals surface area contributed by atoms with E-state index < -0.39 is 0 Å². The Hall–Kier alpha value is -2.33. The zero-order valence-electron chi connectivity index (χ0n) is 17.6. The average Bonchev–Trinajstić information content (AvgIpc) is 2.75. The molecule has 0 fully saturated rings. The Balaban J connectivity index is 1.80. The number of nitrogens with one attached hydrogen (secondary N) is 2. The van der Waals surface area contributed by atoms with Crippen molar-refractivity contribution >= 4 is 11.6 Å². The lowest BCUT2D eigenvalue weighted by molar-refractivity contribution is 0.0952. The molecule has 0 aliphatic rings. The molecule has 2 aromatic rings. The fourth-order valence-corrected chi connectivity index (χ4v) is 3.33. The summed E-state index contributed by atoms with van der Waals surface area (Å²) in [7, 11) is 0. The van der Waals surface area contributed by atoms with Crippen LogP contribution in [0.4, 0.5) is 5.69 Å². The van der Waals surface area contributed by atoms with Gasteiger partial charge < -0.3 is 15.5 Å². The van der Waals surface area contributed by atoms with E-state index in [1.165, 1.54) is 5.56 Å². The molecule has 152 valence electrons. The minimum absolute atomic E-state index is 0.0126. The van der Waals surface area contributed by atoms with Crippen LogP contribution in [0.1, 0.15) is 55.1 Å². The number of hydrogen-bond donors (Lipinski definition) is 2. The topological polar surface area (TPSA) is 44.4 Å². The standard InChI is InChI=1S/C24H35N3O/c1-4-21-13-7-8-15-23(21)26-19-20-12-11-14-22(18-20)24(28)25-16-9-10-17-27(5-2)6-3/h7-8,11-15,18,26H,4-6,9-10,16-17,19H2,1-3H3,(H,25,28). The molecule has 0 aromatic heterocycles. The predicted octanol–water partition coefficient (Wildman–Crippen LogP) is 4.71. The van der Waals surface area contributed by atoms with Gasteiger partial charge in [0.05, 0.1) is 0 Å². The molecule has 2 N–H and O–H groups in total. The molecule has 0 bridgehead atoms. The molecule has 0 saturated carbocycles. The number of rotatable bonds is 12. The molecule has 0 atom stereocenters. The fraction of sp³-hybridized carbons (Fsp3) is 0.458. The summed E-state index contributed by atoms with van der Waals surface area (Å²) in [6, 6.07) is 16.2. The number of nitrogens with zero attached hydrogens (tertiary/aromatic N) is 1. The normalized spacial score (nSPS) is 10.9. The minimum Gasteiger partial charge on any atom is -0.381 e. The second-order valence-corrected chi connectivity index (χ2v) is 7.05. The van der Waals surface area contributed by atoms with Gasteiger partial charge in [-0.2, -0.15) is 0 Å². The molecule has 2 aromatic carbocycles. The molecule has 0 aliphatic carbocycles. The maximum Gasteiger partial charge on any atom is 0.251 e. The van der Waals surface area contributed by atoms with Crippen molar-refractivity contribution in [2.24, 2.45) is 0 Å². The smallest absolute Gasteiger partial charge is 0.251 e. The van der Waals surface area contributed by atoms with Crippen LogP contribution < -0.4 is 10.6 Å². The maximum absolute atomic E-state index is 12.4. The van der Waals surface area contributed by atoms with Gasteiger partial charge in [-0.15, -0.1) is 0 Å². The van der Waals surface area contributed by atoms with E-state index >= 15 is 0 Å². The quantitative estimate of drug-likeness (QED) is 0.523. The van der Waals surface area contributed by atoms with Crippen molar-refractivity contribution in [2.75, 3.05) is 31.5 Å². The molecule has 1 amide bonds. The molecule has 0 heterocycles. The number of benzene rings is 2. The van der Waals surface area contributed by atoms with Crippen LogP contribution in [0.5, 0.6) is 0 Å². The molecule has 4 heteroatoms. The summed E-state index contributed by atoms with van der Waals surface area (Å²) in [5.41, 5.74) is 4.31. The summed E-state index contributed by atoms with van der Waals surface area (Å²) in [6.07, 6.45) is 3.12. The van der Waals surface area contributed by atoms with E-state index in [0.29, 0.717) is 6.54 Å². The summed E-state index contributed by atoms with van der Waals surface area (Å²) >= 11 is 0. The molecule has 28 heavy (non-hydrogen) atoms. The number of carbonyl (C=O) groups is 1. The Bertz CT molecular complexity index is 725. The van der Waals surface area contributed by atoms with Crippen LogP contribution in [0.2, 0.25) is 0 Å². The summed E-state index contributed by atoms with van der Waals surface area (Å²) in [4.78, 5) is 14.9. The monoisotopic (exact) mass is 381 g/mol. The first-order valence-electron chi connectivity index (χ1n) is 10.6. The summed E-state index contributed by atoms with van der Waals surface area (Å²) in [5, 5.41) is 6.54. The Morgan fingerprint density at radius 2 is 1.75 bits per heavy atom. The van der Waals surface area contributed by atoms with Crippen molar-refractivity contribution in [2.45, 2.75) is 46.6 Å². The predicted molar refractivity (Wildman–Crippen MR) is 119 cm³/mol. The van der Waals surface area contributed by atoms with Gasteiger partial charge >= 0.3 is 0 Å². The van der Waals surface area contributed by atoms with Crippen molar-refractivity contribution in [1.82, 2.24) is 10.2 Å². The number of unbranched alkanes of at least 4 members (excludes halogenated alkanes) is 1. The SMILES string of the molecule is CCc1ccccc1NCc1cccc(C(=O)NCCCCN(CC)CC)c1. The second kappa shape index (κ2) is 12.2. The third kappa shape index (κ3) is 7.01. The van der Waals surface area contributed by atoms with Gasteiger partial charge in [-0.1, -0.05) is 51.1 Å². The zero-order valence-corrected chi connectivity index (χ0v) is 17.6. The largest absolute Gasteiger partial charge is 0.381 e. The molecular weight excluding hydrogens is 346 g/mol. The van der Waals surface area contributed by atoms with Crippen LogP contribution in [0.3, 0.4) is 0 Å². The fourth-order valence-electron chi connectivity index (χ4n) is 3.33. The first-order valence-corrected chi connectivity index (χ1v) is 10.6. The van der Waals surface area contributed by atoms with Gasteiger partial charge in [0.1, 0.15) is 0 Å². The first-order chi connectivity index (χ1) is 13.7. The van der Waals surface area contributed by atoms with Gasteiger partial charge in [-0.3, -0.25) is 4.79 Å². The maximum atomic E-state index is 12.4. The highest BCUT2D eigenvalue weighted by Gasteiger charge is 2.07. The Labute approximate surface area is 170 Å². The lowest BCUT2D eigenvalue weighted by Crippen LogP contribution is -2.27. The highest BCUT2D eigenvalue weighted by molar-refractivity contribution is 5.94. The van der Waals surface area contributed by atoms with Crippen molar-refractivity contribution in [3.05, 3.63) is 65.2 Å². The molecule has 0 unspecified atom stereocenters. The van der Waals surface area contributed by atoms with Gasteiger partial charge in [-0.05, 0) is 68.2 Å². The summed E-state index contributed by atoms with van der Waals surface area (Å²) in [6.45, 7) is 11.3. The van der Waals surface area contributed by atoms with Crippen molar-refractivity contribution in [3.8, 4) is 0 Å². The third-order valence-electron chi connectivity index (χ3n) is 5.15. The number of hydrogen-bond acceptors (Lipinski definition) is 3. The van der Waals surface area contributed by atoms with E-state index in [-0.39, 0.29) is 5.91 Å². The van der Waals surface area contributed by atoms with Crippen molar-refractivity contribution in [1.29, 1.82) is 0 Å². The van der Waals surface area contributed by atoms with E-state index in [1.807, 2.05) is 24.3 Å². The Kier molecular flexibility index (Phi) is 9.56. The van der Waals surface area contributed by atoms with Crippen molar-refractivity contribution in [3.63, 3.8) is 0 Å². The average molecular weight is 382 g/mol. The van der Waals surface area contributed by atoms with Crippen LogP contribution in [0.15, 0.2) is 48.5 Å². The van der Waals surface area contributed by atoms with E-state index in [2.05, 4.69) is 60.6 Å². The molecule has 4 nitrogen and oxygen atoms in total. The molecule has 0 radical (unpaired) electrons. The van der Waals surface area contributed by atoms with Crippen LogP contribution >= 0.6 is 0 Å². The second-order valence-electron chi connectivity index (χ2n) is 7.05. The first kappa shape index (κ1) is 22.0. The molecule has 2 rings (SSSR count). The van der Waals surface area contributed by atoms with Crippen LogP contribution in [-0.4, -0.2) is 37.0 Å². The highest BCUT2D eigenvalue weighted by Crippen LogP contribution is 2.17. The number of amides is 1. The third-order valence-corrected chi connectivity index (χ3v) is 5.15. The van der Waals surface area contributed by atoms with Gasteiger partial charge in [0, 0.05) is 24.3 Å². The van der Waals surface area contributed by atoms with E-state index in [0.717, 1.165) is 62.3 Å². The Morgan fingerprint density at radius 1 is 0.964 bits per heavy atom. The highest BCUT2D eigenvalue weighted by atomic mass is 16.1. The van der Waals surface area contributed by atoms with Gasteiger partial charge in [0.15, 0.2) is 0 Å². The number of para-hydroxylation sites is 1. The lowest BCUT2D eigenvalue weighted by atomic mass is 10.1. The molecule has 0 saturated heterocycles. The molecular formula is C24H35N3O. The van der Waals surface area contributed by atoms with E-state index in [1.54, 1.807) is 0 Å². The molecule has 0 aliphatic heterocycles. The van der Waals surface area contributed by atoms with Crippen LogP contribution in [0, 0.1) is 0 Å². The van der Waals surface area contributed by atoms with Gasteiger partial charge in [-0.25, -0.2) is 0 Å². The van der Waals surface area contributed by atoms with Crippen LogP contribution in [0.25, 0.3) is 0 Å². The Morgan fingerprint density at radius 3 is 2.50 bits per heavy atom. The van der Waals surface area contributed by atoms with E-state index in [4.69, 9.17) is 0 Å². The lowest BCUT2D eigenvalue weighted by Gasteiger charge is -2.17. The van der Waals surface area contributed by atoms with Gasteiger partial charge in [0.25, 0.3) is 5.91 Å². The molecule has 0 spiro atoms. The van der Waals surface area contributed by atoms with E-state index in [9.17, 15) is 4.79 Å². The summed E-state index contributed by atoms with van der Waals surface area (Å²) in [5.74, 6) is 0.0126. The number of aryl methyl sites for hydroxylation is 1.